The van der Waals surface area contributed by atoms with Gasteiger partial charge >= 0.3 is 0 Å². The van der Waals surface area contributed by atoms with E-state index < -0.39 is 0 Å². The maximum Gasteiger partial charge on any atom is 0.257 e. The molecule has 0 heterocycles. The molecule has 0 fully saturated rings. The van der Waals surface area contributed by atoms with Gasteiger partial charge in [-0.2, -0.15) is 0 Å². The van der Waals surface area contributed by atoms with Gasteiger partial charge in [-0.3, -0.25) is 4.79 Å². The lowest BCUT2D eigenvalue weighted by atomic mass is 10.2. The van der Waals surface area contributed by atoms with Crippen LogP contribution in [-0.2, 0) is 0 Å². The normalized spacial score (nSPS) is 9.73. The molecule has 4 heteroatoms. The van der Waals surface area contributed by atoms with E-state index >= 15 is 0 Å². The Labute approximate surface area is 93.6 Å². The van der Waals surface area contributed by atoms with Gasteiger partial charge in [0.15, 0.2) is 0 Å². The monoisotopic (exact) mass is 225 g/mol. The number of benzene rings is 1. The van der Waals surface area contributed by atoms with Crippen LogP contribution in [0, 0.1) is 0 Å². The lowest BCUT2D eigenvalue weighted by Crippen LogP contribution is -2.26. The van der Waals surface area contributed by atoms with Crippen molar-refractivity contribution in [3.05, 3.63) is 41.4 Å². The van der Waals surface area contributed by atoms with Crippen LogP contribution in [0.5, 0.6) is 5.75 Å². The van der Waals surface area contributed by atoms with Gasteiger partial charge in [0.05, 0.1) is 5.56 Å². The molecule has 0 saturated heterocycles. The minimum atomic E-state index is -0.260. The van der Waals surface area contributed by atoms with Crippen molar-refractivity contribution in [2.45, 2.75) is 0 Å². The van der Waals surface area contributed by atoms with Crippen LogP contribution in [0.2, 0.25) is 5.02 Å². The highest BCUT2D eigenvalue weighted by atomic mass is 35.5. The number of nitrogens with zero attached hydrogens (tertiary/aromatic N) is 1. The average molecular weight is 226 g/mol. The van der Waals surface area contributed by atoms with Crippen LogP contribution in [0.25, 0.3) is 0 Å². The summed E-state index contributed by atoms with van der Waals surface area (Å²) in [6.07, 6.45) is 1.62. The first-order valence-corrected chi connectivity index (χ1v) is 4.79. The van der Waals surface area contributed by atoms with Gasteiger partial charge in [0.25, 0.3) is 5.91 Å². The molecule has 3 nitrogen and oxygen atoms in total. The summed E-state index contributed by atoms with van der Waals surface area (Å²) in [5, 5.41) is 9.92. The fourth-order valence-electron chi connectivity index (χ4n) is 1.17. The maximum absolute atomic E-state index is 11.7. The van der Waals surface area contributed by atoms with Crippen molar-refractivity contribution >= 4 is 17.5 Å². The third kappa shape index (κ3) is 2.73. The SMILES string of the molecule is C=CCN(C)C(=O)c1ccc(Cl)cc1O. The fourth-order valence-corrected chi connectivity index (χ4v) is 1.33. The first-order chi connectivity index (χ1) is 7.06. The number of likely N-dealkylation sites (N-methyl/N-ethyl adjacent to an activating group) is 1. The van der Waals surface area contributed by atoms with Crippen molar-refractivity contribution in [2.75, 3.05) is 13.6 Å². The van der Waals surface area contributed by atoms with Crippen molar-refractivity contribution in [3.8, 4) is 5.75 Å². The zero-order chi connectivity index (χ0) is 11.4. The number of phenols is 1. The molecule has 0 atom stereocenters. The fraction of sp³-hybridized carbons (Fsp3) is 0.182. The lowest BCUT2D eigenvalue weighted by Gasteiger charge is -2.15. The Morgan fingerprint density at radius 1 is 1.67 bits per heavy atom. The minimum Gasteiger partial charge on any atom is -0.507 e. The van der Waals surface area contributed by atoms with E-state index in [0.29, 0.717) is 11.6 Å². The number of carbonyl (C=O) groups is 1. The lowest BCUT2D eigenvalue weighted by molar-refractivity contribution is 0.0807. The number of carbonyl (C=O) groups excluding carboxylic acids is 1. The van der Waals surface area contributed by atoms with E-state index in [1.54, 1.807) is 19.2 Å². The molecule has 80 valence electrons. The third-order valence-electron chi connectivity index (χ3n) is 1.94. The second kappa shape index (κ2) is 4.84. The number of phenolic OH excluding ortho intramolecular Hbond substituents is 1. The predicted molar refractivity (Wildman–Crippen MR) is 60.3 cm³/mol. The molecule has 0 unspecified atom stereocenters. The van der Waals surface area contributed by atoms with Gasteiger partial charge < -0.3 is 10.0 Å². The highest BCUT2D eigenvalue weighted by Gasteiger charge is 2.14. The number of amides is 1. The summed E-state index contributed by atoms with van der Waals surface area (Å²) in [5.74, 6) is -0.368. The summed E-state index contributed by atoms with van der Waals surface area (Å²) < 4.78 is 0. The molecule has 0 spiro atoms. The van der Waals surface area contributed by atoms with Crippen LogP contribution in [0.1, 0.15) is 10.4 Å². The molecule has 0 aliphatic heterocycles. The van der Waals surface area contributed by atoms with E-state index in [1.807, 2.05) is 0 Å². The number of rotatable bonds is 3. The first-order valence-electron chi connectivity index (χ1n) is 4.41. The smallest absolute Gasteiger partial charge is 0.257 e. The van der Waals surface area contributed by atoms with E-state index in [1.165, 1.54) is 17.0 Å². The Hall–Kier alpha value is -1.48. The number of hydrogen-bond acceptors (Lipinski definition) is 2. The molecule has 1 rings (SSSR count). The standard InChI is InChI=1S/C11H12ClNO2/c1-3-6-13(2)11(15)9-5-4-8(12)7-10(9)14/h3-5,7,14H,1,6H2,2H3. The molecule has 1 aromatic rings. The van der Waals surface area contributed by atoms with Gasteiger partial charge in [0.1, 0.15) is 5.75 Å². The van der Waals surface area contributed by atoms with Crippen molar-refractivity contribution in [2.24, 2.45) is 0 Å². The van der Waals surface area contributed by atoms with Crippen molar-refractivity contribution in [1.82, 2.24) is 4.90 Å². The second-order valence-electron chi connectivity index (χ2n) is 3.14. The summed E-state index contributed by atoms with van der Waals surface area (Å²) in [4.78, 5) is 13.2. The largest absolute Gasteiger partial charge is 0.507 e. The van der Waals surface area contributed by atoms with Crippen LogP contribution in [0.15, 0.2) is 30.9 Å². The predicted octanol–water partition coefficient (Wildman–Crippen LogP) is 2.30. The Bertz CT molecular complexity index is 390. The molecule has 0 radical (unpaired) electrons. The highest BCUT2D eigenvalue weighted by molar-refractivity contribution is 6.30. The van der Waals surface area contributed by atoms with E-state index in [-0.39, 0.29) is 17.2 Å². The molecule has 1 aromatic carbocycles. The van der Waals surface area contributed by atoms with E-state index in [9.17, 15) is 9.90 Å². The topological polar surface area (TPSA) is 40.5 Å². The van der Waals surface area contributed by atoms with Crippen LogP contribution >= 0.6 is 11.6 Å². The first kappa shape index (κ1) is 11.6. The highest BCUT2D eigenvalue weighted by Crippen LogP contribution is 2.22. The molecular weight excluding hydrogens is 214 g/mol. The average Bonchev–Trinajstić information content (AvgIpc) is 2.17. The van der Waals surface area contributed by atoms with E-state index in [0.717, 1.165) is 0 Å². The van der Waals surface area contributed by atoms with Gasteiger partial charge in [-0.05, 0) is 18.2 Å². The van der Waals surface area contributed by atoms with E-state index in [4.69, 9.17) is 11.6 Å². The van der Waals surface area contributed by atoms with Crippen LogP contribution in [0.4, 0.5) is 0 Å². The molecule has 1 amide bonds. The Morgan fingerprint density at radius 3 is 2.87 bits per heavy atom. The van der Waals surface area contributed by atoms with Gasteiger partial charge in [-0.25, -0.2) is 0 Å². The van der Waals surface area contributed by atoms with Crippen molar-refractivity contribution in [1.29, 1.82) is 0 Å². The molecule has 0 saturated carbocycles. The van der Waals surface area contributed by atoms with Gasteiger partial charge in [0.2, 0.25) is 0 Å². The zero-order valence-corrected chi connectivity index (χ0v) is 9.16. The van der Waals surface area contributed by atoms with Gasteiger partial charge in [-0.15, -0.1) is 6.58 Å². The number of aromatic hydroxyl groups is 1. The van der Waals surface area contributed by atoms with Crippen molar-refractivity contribution < 1.29 is 9.90 Å². The number of halogens is 1. The summed E-state index contributed by atoms with van der Waals surface area (Å²) in [5.41, 5.74) is 0.240. The van der Waals surface area contributed by atoms with Crippen LogP contribution in [-0.4, -0.2) is 29.5 Å². The molecule has 0 aromatic heterocycles. The Kier molecular flexibility index (Phi) is 3.74. The Morgan fingerprint density at radius 2 is 2.33 bits per heavy atom. The Balaban J connectivity index is 2.96. The van der Waals surface area contributed by atoms with Gasteiger partial charge in [-0.1, -0.05) is 17.7 Å². The molecule has 15 heavy (non-hydrogen) atoms. The van der Waals surface area contributed by atoms with Crippen LogP contribution in [0.3, 0.4) is 0 Å². The quantitative estimate of drug-likeness (QED) is 0.802. The molecule has 0 aliphatic rings. The third-order valence-corrected chi connectivity index (χ3v) is 2.17. The summed E-state index contributed by atoms with van der Waals surface area (Å²) in [6, 6.07) is 4.41. The van der Waals surface area contributed by atoms with Gasteiger partial charge in [0, 0.05) is 18.6 Å². The summed E-state index contributed by atoms with van der Waals surface area (Å²) >= 11 is 5.66. The summed E-state index contributed by atoms with van der Waals surface area (Å²) in [7, 11) is 1.64. The minimum absolute atomic E-state index is 0.108. The summed E-state index contributed by atoms with van der Waals surface area (Å²) in [6.45, 7) is 3.97. The second-order valence-corrected chi connectivity index (χ2v) is 3.57. The molecular formula is C11H12ClNO2. The van der Waals surface area contributed by atoms with Crippen LogP contribution < -0.4 is 0 Å². The van der Waals surface area contributed by atoms with E-state index in [2.05, 4.69) is 6.58 Å². The maximum atomic E-state index is 11.7. The molecule has 0 aliphatic carbocycles. The molecule has 1 N–H and O–H groups in total. The van der Waals surface area contributed by atoms with Crippen molar-refractivity contribution in [3.63, 3.8) is 0 Å². The number of hydrogen-bond donors (Lipinski definition) is 1. The molecule has 0 bridgehead atoms. The zero-order valence-electron chi connectivity index (χ0n) is 8.40.